The number of rotatable bonds is 4. The fourth-order valence-electron chi connectivity index (χ4n) is 4.61. The van der Waals surface area contributed by atoms with Crippen molar-refractivity contribution in [3.8, 4) is 5.75 Å². The zero-order valence-electron chi connectivity index (χ0n) is 18.6. The molecule has 2 heterocycles. The number of nitrogens with zero attached hydrogens (tertiary/aromatic N) is 2. The summed E-state index contributed by atoms with van der Waals surface area (Å²) < 4.78 is 11.1. The zero-order chi connectivity index (χ0) is 22.8. The van der Waals surface area contributed by atoms with Crippen molar-refractivity contribution in [2.45, 2.75) is 12.5 Å². The van der Waals surface area contributed by atoms with E-state index in [1.165, 1.54) is 0 Å². The quantitative estimate of drug-likeness (QED) is 0.569. The van der Waals surface area contributed by atoms with Gasteiger partial charge in [-0.25, -0.2) is 4.79 Å². The Kier molecular flexibility index (Phi) is 5.73. The van der Waals surface area contributed by atoms with E-state index in [1.807, 2.05) is 65.6 Å². The molecule has 3 aromatic carbocycles. The molecule has 0 bridgehead atoms. The van der Waals surface area contributed by atoms with Crippen molar-refractivity contribution in [2.24, 2.45) is 0 Å². The Morgan fingerprint density at radius 2 is 1.67 bits per heavy atom. The molecule has 1 fully saturated rings. The third kappa shape index (κ3) is 4.16. The summed E-state index contributed by atoms with van der Waals surface area (Å²) in [4.78, 5) is 29.9. The lowest BCUT2D eigenvalue weighted by molar-refractivity contribution is 0.0252. The first-order chi connectivity index (χ1) is 16.1. The molecule has 168 valence electrons. The van der Waals surface area contributed by atoms with E-state index in [2.05, 4.69) is 4.90 Å². The topological polar surface area (TPSA) is 59.1 Å². The Morgan fingerprint density at radius 3 is 2.42 bits per heavy atom. The SMILES string of the molecule is COc1ccccc1N1CCN(C(=O)c2ccc3c(c2)C[C@@H](c2ccccc2)OC3=O)CC1. The van der Waals surface area contributed by atoms with E-state index in [4.69, 9.17) is 9.47 Å². The molecule has 33 heavy (non-hydrogen) atoms. The molecular formula is C27H26N2O4. The van der Waals surface area contributed by atoms with Crippen LogP contribution in [-0.2, 0) is 11.2 Å². The van der Waals surface area contributed by atoms with Gasteiger partial charge in [0.2, 0.25) is 0 Å². The van der Waals surface area contributed by atoms with Crippen molar-refractivity contribution in [1.82, 2.24) is 4.90 Å². The van der Waals surface area contributed by atoms with Gasteiger partial charge in [0.1, 0.15) is 11.9 Å². The van der Waals surface area contributed by atoms with Gasteiger partial charge >= 0.3 is 5.97 Å². The number of hydrogen-bond donors (Lipinski definition) is 0. The summed E-state index contributed by atoms with van der Waals surface area (Å²) in [6, 6.07) is 23.0. The monoisotopic (exact) mass is 442 g/mol. The highest BCUT2D eigenvalue weighted by Gasteiger charge is 2.29. The van der Waals surface area contributed by atoms with E-state index in [-0.39, 0.29) is 18.0 Å². The fraction of sp³-hybridized carbons (Fsp3) is 0.259. The molecule has 1 saturated heterocycles. The molecule has 0 radical (unpaired) electrons. The first-order valence-electron chi connectivity index (χ1n) is 11.2. The predicted molar refractivity (Wildman–Crippen MR) is 126 cm³/mol. The number of hydrogen-bond acceptors (Lipinski definition) is 5. The number of esters is 1. The summed E-state index contributed by atoms with van der Waals surface area (Å²) >= 11 is 0. The molecule has 0 spiro atoms. The number of benzene rings is 3. The minimum atomic E-state index is -0.338. The number of para-hydroxylation sites is 2. The molecule has 1 amide bonds. The minimum absolute atomic E-state index is 0.00678. The molecule has 5 rings (SSSR count). The van der Waals surface area contributed by atoms with Crippen LogP contribution in [0, 0.1) is 0 Å². The molecule has 0 saturated carbocycles. The number of cyclic esters (lactones) is 1. The van der Waals surface area contributed by atoms with Crippen LogP contribution in [0.25, 0.3) is 0 Å². The lowest BCUT2D eigenvalue weighted by Crippen LogP contribution is -2.48. The molecule has 0 aliphatic carbocycles. The van der Waals surface area contributed by atoms with Crippen LogP contribution in [0.4, 0.5) is 5.69 Å². The number of piperazine rings is 1. The zero-order valence-corrected chi connectivity index (χ0v) is 18.6. The highest BCUT2D eigenvalue weighted by atomic mass is 16.5. The molecule has 2 aliphatic rings. The van der Waals surface area contributed by atoms with E-state index in [0.29, 0.717) is 30.6 Å². The van der Waals surface area contributed by atoms with E-state index in [0.717, 1.165) is 35.7 Å². The highest BCUT2D eigenvalue weighted by Crippen LogP contribution is 2.32. The largest absolute Gasteiger partial charge is 0.495 e. The van der Waals surface area contributed by atoms with Crippen molar-refractivity contribution in [3.63, 3.8) is 0 Å². The maximum Gasteiger partial charge on any atom is 0.339 e. The van der Waals surface area contributed by atoms with Gasteiger partial charge in [0.15, 0.2) is 0 Å². The number of carbonyl (C=O) groups excluding carboxylic acids is 2. The number of methoxy groups -OCH3 is 1. The van der Waals surface area contributed by atoms with Crippen LogP contribution in [0.5, 0.6) is 5.75 Å². The normalized spacial score (nSPS) is 17.8. The Hall–Kier alpha value is -3.80. The van der Waals surface area contributed by atoms with Gasteiger partial charge in [0, 0.05) is 38.2 Å². The van der Waals surface area contributed by atoms with Crippen molar-refractivity contribution in [3.05, 3.63) is 95.1 Å². The van der Waals surface area contributed by atoms with Crippen LogP contribution in [0.2, 0.25) is 0 Å². The summed E-state index contributed by atoms with van der Waals surface area (Å²) in [5.74, 6) is 0.494. The molecule has 2 aliphatic heterocycles. The molecular weight excluding hydrogens is 416 g/mol. The lowest BCUT2D eigenvalue weighted by atomic mass is 9.93. The van der Waals surface area contributed by atoms with Gasteiger partial charge in [-0.3, -0.25) is 4.79 Å². The van der Waals surface area contributed by atoms with Gasteiger partial charge in [0.05, 0.1) is 18.4 Å². The van der Waals surface area contributed by atoms with Crippen molar-refractivity contribution < 1.29 is 19.1 Å². The van der Waals surface area contributed by atoms with E-state index in [9.17, 15) is 9.59 Å². The molecule has 0 aromatic heterocycles. The lowest BCUT2D eigenvalue weighted by Gasteiger charge is -2.36. The number of carbonyl (C=O) groups is 2. The Balaban J connectivity index is 1.30. The second-order valence-corrected chi connectivity index (χ2v) is 8.33. The molecule has 0 unspecified atom stereocenters. The Morgan fingerprint density at radius 1 is 0.939 bits per heavy atom. The van der Waals surface area contributed by atoms with Gasteiger partial charge in [-0.05, 0) is 41.5 Å². The first kappa shape index (κ1) is 21.1. The Labute approximate surface area is 193 Å². The summed E-state index contributed by atoms with van der Waals surface area (Å²) in [5, 5.41) is 0. The maximum atomic E-state index is 13.3. The van der Waals surface area contributed by atoms with Gasteiger partial charge in [0.25, 0.3) is 5.91 Å². The number of ether oxygens (including phenoxy) is 2. The van der Waals surface area contributed by atoms with Crippen LogP contribution in [0.1, 0.15) is 37.9 Å². The van der Waals surface area contributed by atoms with Crippen LogP contribution in [-0.4, -0.2) is 50.1 Å². The summed E-state index contributed by atoms with van der Waals surface area (Å²) in [6.45, 7) is 2.73. The summed E-state index contributed by atoms with van der Waals surface area (Å²) in [7, 11) is 1.67. The third-order valence-corrected chi connectivity index (χ3v) is 6.39. The standard InChI is InChI=1S/C27H26N2O4/c1-32-24-10-6-5-9-23(24)28-13-15-29(16-14-28)26(30)20-11-12-22-21(17-20)18-25(33-27(22)31)19-7-3-2-4-8-19/h2-12,17,25H,13-16,18H2,1H3/t25-/m0/s1. The number of amides is 1. The van der Waals surface area contributed by atoms with Gasteiger partial charge in [-0.15, -0.1) is 0 Å². The summed E-state index contributed by atoms with van der Waals surface area (Å²) in [5.41, 5.74) is 4.02. The van der Waals surface area contributed by atoms with Crippen LogP contribution < -0.4 is 9.64 Å². The Bertz CT molecular complexity index is 1170. The minimum Gasteiger partial charge on any atom is -0.495 e. The summed E-state index contributed by atoms with van der Waals surface area (Å²) in [6.07, 6.45) is 0.231. The van der Waals surface area contributed by atoms with E-state index < -0.39 is 0 Å². The van der Waals surface area contributed by atoms with Crippen LogP contribution >= 0.6 is 0 Å². The van der Waals surface area contributed by atoms with Crippen molar-refractivity contribution >= 4 is 17.6 Å². The molecule has 6 heteroatoms. The molecule has 3 aromatic rings. The molecule has 0 N–H and O–H groups in total. The first-order valence-corrected chi connectivity index (χ1v) is 11.2. The van der Waals surface area contributed by atoms with Crippen molar-refractivity contribution in [2.75, 3.05) is 38.2 Å². The number of fused-ring (bicyclic) bond motifs is 1. The smallest absolute Gasteiger partial charge is 0.339 e. The third-order valence-electron chi connectivity index (χ3n) is 6.39. The second-order valence-electron chi connectivity index (χ2n) is 8.33. The molecule has 1 atom stereocenters. The maximum absolute atomic E-state index is 13.3. The average molecular weight is 443 g/mol. The fourth-order valence-corrected chi connectivity index (χ4v) is 4.61. The van der Waals surface area contributed by atoms with Gasteiger partial charge in [-0.1, -0.05) is 42.5 Å². The van der Waals surface area contributed by atoms with Crippen LogP contribution in [0.15, 0.2) is 72.8 Å². The number of anilines is 1. The van der Waals surface area contributed by atoms with Crippen molar-refractivity contribution in [1.29, 1.82) is 0 Å². The van der Waals surface area contributed by atoms with Gasteiger partial charge < -0.3 is 19.3 Å². The van der Waals surface area contributed by atoms with E-state index >= 15 is 0 Å². The van der Waals surface area contributed by atoms with Gasteiger partial charge in [-0.2, -0.15) is 0 Å². The predicted octanol–water partition coefficient (Wildman–Crippen LogP) is 4.11. The van der Waals surface area contributed by atoms with Crippen LogP contribution in [0.3, 0.4) is 0 Å². The second kappa shape index (κ2) is 8.98. The average Bonchev–Trinajstić information content (AvgIpc) is 2.88. The van der Waals surface area contributed by atoms with E-state index in [1.54, 1.807) is 19.2 Å². The highest BCUT2D eigenvalue weighted by molar-refractivity contribution is 5.98. The molecule has 6 nitrogen and oxygen atoms in total.